The van der Waals surface area contributed by atoms with Crippen LogP contribution in [0.1, 0.15) is 51.2 Å². The van der Waals surface area contributed by atoms with E-state index in [0.29, 0.717) is 12.2 Å². The fourth-order valence-electron chi connectivity index (χ4n) is 4.23. The van der Waals surface area contributed by atoms with Gasteiger partial charge in [0.1, 0.15) is 17.6 Å². The third kappa shape index (κ3) is 6.22. The monoisotopic (exact) mass is 483 g/mol. The van der Waals surface area contributed by atoms with Gasteiger partial charge >= 0.3 is 5.97 Å². The summed E-state index contributed by atoms with van der Waals surface area (Å²) in [5, 5.41) is 0. The Balaban J connectivity index is 1.51. The molecule has 182 valence electrons. The number of halogens is 1. The average Bonchev–Trinajstić information content (AvgIpc) is 3.13. The second kappa shape index (κ2) is 11.0. The molecule has 2 aromatic carbocycles. The van der Waals surface area contributed by atoms with E-state index < -0.39 is 5.41 Å². The molecule has 2 aliphatic heterocycles. The maximum atomic E-state index is 12.5. The first kappa shape index (κ1) is 24.8. The summed E-state index contributed by atoms with van der Waals surface area (Å²) < 4.78 is 24.4. The number of likely N-dealkylation sites (tertiary alicyclic amines) is 1. The van der Waals surface area contributed by atoms with E-state index >= 15 is 0 Å². The molecule has 0 bridgehead atoms. The van der Waals surface area contributed by atoms with Crippen LogP contribution in [0, 0.1) is 5.41 Å². The van der Waals surface area contributed by atoms with Crippen molar-refractivity contribution in [3.8, 4) is 11.5 Å². The molecule has 1 atom stereocenters. The molecule has 34 heavy (non-hydrogen) atoms. The molecule has 1 saturated heterocycles. The molecule has 0 amide bonds. The summed E-state index contributed by atoms with van der Waals surface area (Å²) >= 11 is 1.79. The molecule has 0 unspecified atom stereocenters. The molecule has 0 saturated carbocycles. The van der Waals surface area contributed by atoms with Gasteiger partial charge in [0, 0.05) is 30.3 Å². The number of ether oxygens (including phenoxy) is 2. The summed E-state index contributed by atoms with van der Waals surface area (Å²) in [6.07, 6.45) is 4.94. The predicted molar refractivity (Wildman–Crippen MR) is 136 cm³/mol. The summed E-state index contributed by atoms with van der Waals surface area (Å²) in [7, 11) is 0. The van der Waals surface area contributed by atoms with Crippen LogP contribution in [0.4, 0.5) is 4.39 Å². The quantitative estimate of drug-likeness (QED) is 0.338. The Kier molecular flexibility index (Phi) is 7.99. The number of thioether (sulfide) groups is 1. The zero-order chi connectivity index (χ0) is 24.1. The lowest BCUT2D eigenvalue weighted by atomic mass is 9.96. The van der Waals surface area contributed by atoms with Gasteiger partial charge in [0.2, 0.25) is 0 Å². The Bertz CT molecular complexity index is 1050. The molecule has 0 N–H and O–H groups in total. The molecule has 0 aromatic heterocycles. The minimum atomic E-state index is -0.547. The zero-order valence-electron chi connectivity index (χ0n) is 20.3. The lowest BCUT2D eigenvalue weighted by Gasteiger charge is -2.18. The minimum absolute atomic E-state index is 0.140. The number of fused-ring (bicyclic) bond motifs is 1. The highest BCUT2D eigenvalue weighted by atomic mass is 32.2. The van der Waals surface area contributed by atoms with Gasteiger partial charge in [0.25, 0.3) is 0 Å². The number of rotatable bonds is 7. The summed E-state index contributed by atoms with van der Waals surface area (Å²) in [6.45, 7) is 7.92. The number of allylic oxidation sites excluding steroid dienone is 1. The number of esters is 1. The Morgan fingerprint density at radius 2 is 2.03 bits per heavy atom. The lowest BCUT2D eigenvalue weighted by Crippen LogP contribution is -2.26. The van der Waals surface area contributed by atoms with E-state index in [0.717, 1.165) is 60.0 Å². The normalized spacial score (nSPS) is 18.7. The van der Waals surface area contributed by atoms with Gasteiger partial charge in [-0.2, -0.15) is 0 Å². The molecular formula is C28H34FNO3S. The van der Waals surface area contributed by atoms with Gasteiger partial charge < -0.3 is 9.47 Å². The summed E-state index contributed by atoms with van der Waals surface area (Å²) in [5.41, 5.74) is 2.89. The van der Waals surface area contributed by atoms with Crippen LogP contribution >= 0.6 is 11.8 Å². The van der Waals surface area contributed by atoms with Crippen molar-refractivity contribution >= 4 is 23.3 Å². The number of alkyl halides is 1. The standard InChI is InChI=1S/C28H34FNO3S/c1-28(2,3)27(31)33-22-10-11-25-24(9-5-16-34-26(25)18-22)20-7-4-8-21(17-20)32-23-12-15-30(19-23)14-6-13-29/h4,7-11,17-18,23H,5-6,12-16,19H2,1-3H3/t23-/m1/s1. The van der Waals surface area contributed by atoms with Crippen molar-refractivity contribution in [2.45, 2.75) is 51.0 Å². The molecule has 6 heteroatoms. The zero-order valence-corrected chi connectivity index (χ0v) is 21.1. The fraction of sp³-hybridized carbons (Fsp3) is 0.464. The first-order valence-corrected chi connectivity index (χ1v) is 13.1. The third-order valence-electron chi connectivity index (χ3n) is 6.07. The van der Waals surface area contributed by atoms with Crippen molar-refractivity contribution in [2.75, 3.05) is 32.1 Å². The van der Waals surface area contributed by atoms with Crippen LogP contribution in [0.2, 0.25) is 0 Å². The lowest BCUT2D eigenvalue weighted by molar-refractivity contribution is -0.143. The van der Waals surface area contributed by atoms with Crippen molar-refractivity contribution in [2.24, 2.45) is 5.41 Å². The molecular weight excluding hydrogens is 449 g/mol. The predicted octanol–water partition coefficient (Wildman–Crippen LogP) is 6.38. The molecule has 2 aliphatic rings. The maximum Gasteiger partial charge on any atom is 0.316 e. The highest BCUT2D eigenvalue weighted by Gasteiger charge is 2.25. The van der Waals surface area contributed by atoms with Gasteiger partial charge in [-0.15, -0.1) is 11.8 Å². The van der Waals surface area contributed by atoms with E-state index in [2.05, 4.69) is 29.2 Å². The van der Waals surface area contributed by atoms with Crippen LogP contribution < -0.4 is 9.47 Å². The number of carbonyl (C=O) groups is 1. The highest BCUT2D eigenvalue weighted by Crippen LogP contribution is 2.39. The number of carbonyl (C=O) groups excluding carboxylic acids is 1. The highest BCUT2D eigenvalue weighted by molar-refractivity contribution is 7.99. The van der Waals surface area contributed by atoms with Gasteiger partial charge in [-0.25, -0.2) is 0 Å². The van der Waals surface area contributed by atoms with Crippen molar-refractivity contribution in [3.05, 3.63) is 59.7 Å². The van der Waals surface area contributed by atoms with Crippen LogP contribution in [-0.2, 0) is 4.79 Å². The number of benzene rings is 2. The molecule has 4 rings (SSSR count). The topological polar surface area (TPSA) is 38.8 Å². The molecule has 0 radical (unpaired) electrons. The summed E-state index contributed by atoms with van der Waals surface area (Å²) in [4.78, 5) is 15.7. The number of hydrogen-bond acceptors (Lipinski definition) is 5. The molecule has 2 aromatic rings. The summed E-state index contributed by atoms with van der Waals surface area (Å²) in [6, 6.07) is 14.2. The van der Waals surface area contributed by atoms with Gasteiger partial charge in [-0.05, 0) is 87.1 Å². The average molecular weight is 484 g/mol. The number of hydrogen-bond donors (Lipinski definition) is 0. The number of nitrogens with zero attached hydrogens (tertiary/aromatic N) is 1. The van der Waals surface area contributed by atoms with Crippen LogP contribution in [0.25, 0.3) is 5.57 Å². The molecule has 2 heterocycles. The van der Waals surface area contributed by atoms with Crippen LogP contribution in [0.3, 0.4) is 0 Å². The first-order valence-electron chi connectivity index (χ1n) is 12.1. The van der Waals surface area contributed by atoms with Crippen molar-refractivity contribution in [3.63, 3.8) is 0 Å². The van der Waals surface area contributed by atoms with Crippen LogP contribution in [-0.4, -0.2) is 49.0 Å². The molecule has 1 fully saturated rings. The Hall–Kier alpha value is -2.31. The van der Waals surface area contributed by atoms with Gasteiger partial charge in [-0.3, -0.25) is 14.1 Å². The minimum Gasteiger partial charge on any atom is -0.489 e. The fourth-order valence-corrected chi connectivity index (χ4v) is 5.22. The first-order chi connectivity index (χ1) is 16.3. The van der Waals surface area contributed by atoms with E-state index in [1.807, 2.05) is 45.0 Å². The molecule has 0 aliphatic carbocycles. The van der Waals surface area contributed by atoms with Crippen LogP contribution in [0.15, 0.2) is 53.4 Å². The maximum absolute atomic E-state index is 12.5. The van der Waals surface area contributed by atoms with E-state index in [9.17, 15) is 9.18 Å². The van der Waals surface area contributed by atoms with Crippen molar-refractivity contribution in [1.29, 1.82) is 0 Å². The second-order valence-electron chi connectivity index (χ2n) is 9.95. The Morgan fingerprint density at radius 1 is 1.18 bits per heavy atom. The SMILES string of the molecule is CC(C)(C)C(=O)Oc1ccc2c(c1)SCCC=C2c1cccc(O[C@@H]2CCN(CCCF)C2)c1. The van der Waals surface area contributed by atoms with Gasteiger partial charge in [0.15, 0.2) is 0 Å². The van der Waals surface area contributed by atoms with Gasteiger partial charge in [0.05, 0.1) is 12.1 Å². The van der Waals surface area contributed by atoms with E-state index in [4.69, 9.17) is 9.47 Å². The van der Waals surface area contributed by atoms with Crippen molar-refractivity contribution < 1.29 is 18.7 Å². The third-order valence-corrected chi connectivity index (χ3v) is 7.16. The Labute approximate surface area is 206 Å². The van der Waals surface area contributed by atoms with E-state index in [-0.39, 0.29) is 18.7 Å². The second-order valence-corrected chi connectivity index (χ2v) is 11.1. The summed E-state index contributed by atoms with van der Waals surface area (Å²) in [5.74, 6) is 2.19. The van der Waals surface area contributed by atoms with Crippen LogP contribution in [0.5, 0.6) is 11.5 Å². The smallest absolute Gasteiger partial charge is 0.316 e. The molecule has 0 spiro atoms. The van der Waals surface area contributed by atoms with Gasteiger partial charge in [-0.1, -0.05) is 18.2 Å². The van der Waals surface area contributed by atoms with Crippen molar-refractivity contribution in [1.82, 2.24) is 4.90 Å². The van der Waals surface area contributed by atoms with E-state index in [1.54, 1.807) is 11.8 Å². The Morgan fingerprint density at radius 3 is 2.82 bits per heavy atom. The van der Waals surface area contributed by atoms with E-state index in [1.165, 1.54) is 5.57 Å². The molecule has 4 nitrogen and oxygen atoms in total. The largest absolute Gasteiger partial charge is 0.489 e.